The summed E-state index contributed by atoms with van der Waals surface area (Å²) in [6.45, 7) is 3.69. The number of hydrogen-bond acceptors (Lipinski definition) is 9. The summed E-state index contributed by atoms with van der Waals surface area (Å²) < 4.78 is 17.3. The maximum Gasteiger partial charge on any atom is 0.283 e. The van der Waals surface area contributed by atoms with Gasteiger partial charge in [0.1, 0.15) is 10.8 Å². The molecule has 2 aromatic heterocycles. The lowest BCUT2D eigenvalue weighted by atomic mass is 9.95. The number of Topliss-reactive ketones (excluding diaryl/α,β-unsaturated/α-hetero) is 1. The number of carbonyl (C=O) groups is 1. The van der Waals surface area contributed by atoms with Gasteiger partial charge in [-0.25, -0.2) is 0 Å². The van der Waals surface area contributed by atoms with Crippen molar-refractivity contribution in [3.05, 3.63) is 86.4 Å². The number of nitrogen functional groups attached to an aromatic ring is 1. The predicted octanol–water partition coefficient (Wildman–Crippen LogP) is 3.34. The molecule has 3 aromatic rings. The third-order valence-corrected chi connectivity index (χ3v) is 6.29. The summed E-state index contributed by atoms with van der Waals surface area (Å²) in [6.07, 6.45) is 7.32. The molecule has 0 spiro atoms. The zero-order chi connectivity index (χ0) is 25.1. The van der Waals surface area contributed by atoms with Crippen LogP contribution in [0.3, 0.4) is 0 Å². The van der Waals surface area contributed by atoms with Crippen molar-refractivity contribution in [3.8, 4) is 11.5 Å². The van der Waals surface area contributed by atoms with Crippen LogP contribution in [0, 0.1) is 0 Å². The van der Waals surface area contributed by atoms with Crippen LogP contribution in [0.1, 0.15) is 22.6 Å². The normalized spacial score (nSPS) is 14.6. The SMILES string of the molecule is C=CCC1=C/C(=C/c2c(N)n3nc(Cc4ccc(OC)c(OC)c4)sc3nc2=O)C=C(OC)C1=O. The molecule has 180 valence electrons. The molecule has 2 N–H and O–H groups in total. The van der Waals surface area contributed by atoms with Crippen molar-refractivity contribution in [1.82, 2.24) is 14.6 Å². The fourth-order valence-electron chi connectivity index (χ4n) is 3.69. The van der Waals surface area contributed by atoms with Crippen molar-refractivity contribution in [2.45, 2.75) is 12.8 Å². The molecule has 2 heterocycles. The number of carbonyl (C=O) groups excluding carboxylic acids is 1. The minimum Gasteiger partial charge on any atom is -0.493 e. The van der Waals surface area contributed by atoms with Gasteiger partial charge in [-0.2, -0.15) is 14.6 Å². The molecule has 0 bridgehead atoms. The van der Waals surface area contributed by atoms with Gasteiger partial charge in [-0.15, -0.1) is 6.58 Å². The number of rotatable bonds is 8. The second-order valence-electron chi connectivity index (χ2n) is 7.62. The lowest BCUT2D eigenvalue weighted by molar-refractivity contribution is -0.115. The second kappa shape index (κ2) is 9.98. The Morgan fingerprint density at radius 1 is 1.11 bits per heavy atom. The molecule has 0 unspecified atom stereocenters. The van der Waals surface area contributed by atoms with Gasteiger partial charge in [0.15, 0.2) is 17.3 Å². The number of methoxy groups -OCH3 is 3. The Balaban J connectivity index is 1.73. The maximum absolute atomic E-state index is 12.8. The summed E-state index contributed by atoms with van der Waals surface area (Å²) in [7, 11) is 4.58. The number of benzene rings is 1. The first-order valence-electron chi connectivity index (χ1n) is 10.6. The highest BCUT2D eigenvalue weighted by molar-refractivity contribution is 7.16. The van der Waals surface area contributed by atoms with E-state index in [1.807, 2.05) is 18.2 Å². The Kier molecular flexibility index (Phi) is 6.83. The van der Waals surface area contributed by atoms with Crippen molar-refractivity contribution in [2.75, 3.05) is 27.1 Å². The van der Waals surface area contributed by atoms with Gasteiger partial charge >= 0.3 is 0 Å². The molecule has 0 radical (unpaired) electrons. The largest absolute Gasteiger partial charge is 0.493 e. The Morgan fingerprint density at radius 3 is 2.57 bits per heavy atom. The smallest absolute Gasteiger partial charge is 0.283 e. The molecule has 4 rings (SSSR count). The summed E-state index contributed by atoms with van der Waals surface area (Å²) in [5.41, 5.74) is 8.08. The van der Waals surface area contributed by atoms with Gasteiger partial charge in [0.25, 0.3) is 5.56 Å². The van der Waals surface area contributed by atoms with Gasteiger partial charge in [-0.3, -0.25) is 9.59 Å². The number of aromatic nitrogens is 3. The number of allylic oxidation sites excluding steroid dienone is 5. The average Bonchev–Trinajstić information content (AvgIpc) is 3.25. The molecule has 0 fully saturated rings. The molecule has 0 amide bonds. The van der Waals surface area contributed by atoms with Crippen LogP contribution >= 0.6 is 11.3 Å². The molecule has 0 saturated carbocycles. The molecular formula is C25H24N4O5S. The number of anilines is 1. The molecule has 0 atom stereocenters. The fraction of sp³-hybridized carbons (Fsp3) is 0.200. The van der Waals surface area contributed by atoms with Crippen LogP contribution in [-0.2, 0) is 16.0 Å². The molecule has 10 heteroatoms. The van der Waals surface area contributed by atoms with Gasteiger partial charge in [0.2, 0.25) is 10.7 Å². The van der Waals surface area contributed by atoms with E-state index in [1.165, 1.54) is 23.0 Å². The highest BCUT2D eigenvalue weighted by Gasteiger charge is 2.21. The molecule has 1 aliphatic carbocycles. The standard InChI is InChI=1S/C25H24N4O5S/c1-5-6-16-9-15(12-20(34-4)22(16)30)10-17-23(26)29-25(27-24(17)31)35-21(28-29)13-14-7-8-18(32-2)19(11-14)33-3/h5,7-12H,1,6,13,26H2,2-4H3/b15-10-. The van der Waals surface area contributed by atoms with Crippen LogP contribution in [-0.4, -0.2) is 41.7 Å². The highest BCUT2D eigenvalue weighted by atomic mass is 32.1. The summed E-state index contributed by atoms with van der Waals surface area (Å²) >= 11 is 1.28. The maximum atomic E-state index is 12.8. The van der Waals surface area contributed by atoms with E-state index in [4.69, 9.17) is 19.9 Å². The Morgan fingerprint density at radius 2 is 1.89 bits per heavy atom. The van der Waals surface area contributed by atoms with Crippen molar-refractivity contribution < 1.29 is 19.0 Å². The molecule has 1 aromatic carbocycles. The number of ether oxygens (including phenoxy) is 3. The minimum absolute atomic E-state index is 0.158. The van der Waals surface area contributed by atoms with Gasteiger partial charge in [0, 0.05) is 12.0 Å². The number of fused-ring (bicyclic) bond motifs is 1. The molecular weight excluding hydrogens is 468 g/mol. The summed E-state index contributed by atoms with van der Waals surface area (Å²) in [6, 6.07) is 5.62. The third kappa shape index (κ3) is 4.73. The van der Waals surface area contributed by atoms with E-state index in [0.717, 1.165) is 10.6 Å². The highest BCUT2D eigenvalue weighted by Crippen LogP contribution is 2.30. The van der Waals surface area contributed by atoms with Crippen LogP contribution < -0.4 is 20.8 Å². The summed E-state index contributed by atoms with van der Waals surface area (Å²) in [4.78, 5) is 29.8. The first kappa shape index (κ1) is 24.0. The summed E-state index contributed by atoms with van der Waals surface area (Å²) in [5.74, 6) is 1.36. The second-order valence-corrected chi connectivity index (χ2v) is 8.66. The van der Waals surface area contributed by atoms with E-state index in [-0.39, 0.29) is 22.9 Å². The monoisotopic (exact) mass is 492 g/mol. The zero-order valence-corrected chi connectivity index (χ0v) is 20.3. The Labute approximate surface area is 205 Å². The van der Waals surface area contributed by atoms with Crippen molar-refractivity contribution in [3.63, 3.8) is 0 Å². The van der Waals surface area contributed by atoms with Gasteiger partial charge in [-0.1, -0.05) is 23.5 Å². The first-order chi connectivity index (χ1) is 16.9. The summed E-state index contributed by atoms with van der Waals surface area (Å²) in [5, 5.41) is 5.29. The van der Waals surface area contributed by atoms with E-state index < -0.39 is 5.56 Å². The Bertz CT molecular complexity index is 1480. The lowest BCUT2D eigenvalue weighted by Gasteiger charge is -2.14. The van der Waals surface area contributed by atoms with E-state index in [2.05, 4.69) is 16.7 Å². The van der Waals surface area contributed by atoms with Gasteiger partial charge in [0.05, 0.1) is 26.9 Å². The quantitative estimate of drug-likeness (QED) is 0.476. The molecule has 35 heavy (non-hydrogen) atoms. The molecule has 1 aliphatic rings. The molecule has 0 aliphatic heterocycles. The third-order valence-electron chi connectivity index (χ3n) is 5.39. The zero-order valence-electron chi connectivity index (χ0n) is 19.5. The minimum atomic E-state index is -0.487. The average molecular weight is 493 g/mol. The topological polar surface area (TPSA) is 118 Å². The number of ketones is 1. The van der Waals surface area contributed by atoms with Gasteiger partial charge in [-0.05, 0) is 47.9 Å². The molecule has 0 saturated heterocycles. The van der Waals surface area contributed by atoms with E-state index >= 15 is 0 Å². The number of nitrogens with zero attached hydrogens (tertiary/aromatic N) is 3. The molecule has 9 nitrogen and oxygen atoms in total. The fourth-order valence-corrected chi connectivity index (χ4v) is 4.61. The van der Waals surface area contributed by atoms with E-state index in [9.17, 15) is 9.59 Å². The van der Waals surface area contributed by atoms with Gasteiger partial charge < -0.3 is 19.9 Å². The van der Waals surface area contributed by atoms with Crippen molar-refractivity contribution >= 4 is 34.0 Å². The lowest BCUT2D eigenvalue weighted by Crippen LogP contribution is -2.17. The van der Waals surface area contributed by atoms with Crippen LogP contribution in [0.15, 0.2) is 64.7 Å². The van der Waals surface area contributed by atoms with E-state index in [1.54, 1.807) is 38.5 Å². The van der Waals surface area contributed by atoms with Crippen LogP contribution in [0.5, 0.6) is 11.5 Å². The van der Waals surface area contributed by atoms with Crippen molar-refractivity contribution in [2.24, 2.45) is 0 Å². The van der Waals surface area contributed by atoms with E-state index in [0.29, 0.717) is 40.4 Å². The number of hydrogen-bond donors (Lipinski definition) is 1. The Hall–Kier alpha value is -4.18. The predicted molar refractivity (Wildman–Crippen MR) is 135 cm³/mol. The van der Waals surface area contributed by atoms with Crippen LogP contribution in [0.4, 0.5) is 5.82 Å². The van der Waals surface area contributed by atoms with Crippen molar-refractivity contribution in [1.29, 1.82) is 0 Å². The van der Waals surface area contributed by atoms with Crippen LogP contribution in [0.25, 0.3) is 11.0 Å². The van der Waals surface area contributed by atoms with Crippen LogP contribution in [0.2, 0.25) is 0 Å². The number of nitrogens with two attached hydrogens (primary N) is 1. The first-order valence-corrected chi connectivity index (χ1v) is 11.4.